The van der Waals surface area contributed by atoms with Crippen molar-refractivity contribution in [1.82, 2.24) is 9.55 Å². The van der Waals surface area contributed by atoms with E-state index >= 15 is 0 Å². The molecule has 0 N–H and O–H groups in total. The van der Waals surface area contributed by atoms with E-state index in [0.717, 1.165) is 12.1 Å². The van der Waals surface area contributed by atoms with E-state index in [2.05, 4.69) is 4.98 Å². The lowest BCUT2D eigenvalue weighted by Gasteiger charge is -2.12. The average molecular weight is 326 g/mol. The average Bonchev–Trinajstić information content (AvgIpc) is 2.47. The molecular weight excluding hydrogens is 313 g/mol. The normalized spacial score (nSPS) is 10.7. The van der Waals surface area contributed by atoms with E-state index in [1.165, 1.54) is 17.7 Å². The van der Waals surface area contributed by atoms with Crippen LogP contribution in [0.2, 0.25) is 0 Å². The monoisotopic (exact) mass is 326 g/mol. The van der Waals surface area contributed by atoms with E-state index in [1.54, 1.807) is 6.92 Å². The predicted molar refractivity (Wildman–Crippen MR) is 74.6 cm³/mol. The lowest BCUT2D eigenvalue weighted by molar-refractivity contribution is 0.0523. The maximum Gasteiger partial charge on any atom is 0.345 e. The fraction of sp³-hybridized carbons (Fsp3) is 0.267. The first-order chi connectivity index (χ1) is 10.8. The number of esters is 1. The molecule has 0 saturated heterocycles. The fourth-order valence-electron chi connectivity index (χ4n) is 1.98. The number of benzene rings is 1. The van der Waals surface area contributed by atoms with Crippen molar-refractivity contribution in [1.29, 1.82) is 0 Å². The Morgan fingerprint density at radius 1 is 1.26 bits per heavy atom. The molecule has 0 amide bonds. The van der Waals surface area contributed by atoms with Gasteiger partial charge in [-0.3, -0.25) is 4.79 Å². The lowest BCUT2D eigenvalue weighted by atomic mass is 10.2. The molecule has 1 heterocycles. The molecule has 0 fully saturated rings. The summed E-state index contributed by atoms with van der Waals surface area (Å²) in [6, 6.07) is 1.67. The summed E-state index contributed by atoms with van der Waals surface area (Å²) in [5, 5.41) is 0. The Morgan fingerprint density at radius 3 is 2.43 bits per heavy atom. The third kappa shape index (κ3) is 3.58. The van der Waals surface area contributed by atoms with Gasteiger partial charge in [-0.1, -0.05) is 0 Å². The van der Waals surface area contributed by atoms with Crippen LogP contribution in [0, 0.1) is 24.4 Å². The third-order valence-corrected chi connectivity index (χ3v) is 3.09. The molecule has 0 unspecified atom stereocenters. The summed E-state index contributed by atoms with van der Waals surface area (Å²) < 4.78 is 45.6. The number of hydrogen-bond acceptors (Lipinski definition) is 4. The van der Waals surface area contributed by atoms with Crippen LogP contribution >= 0.6 is 0 Å². The van der Waals surface area contributed by atoms with Crippen LogP contribution in [0.3, 0.4) is 0 Å². The highest BCUT2D eigenvalue weighted by Gasteiger charge is 2.16. The van der Waals surface area contributed by atoms with Gasteiger partial charge in [-0.25, -0.2) is 18.0 Å². The lowest BCUT2D eigenvalue weighted by Crippen LogP contribution is -2.24. The molecule has 0 bridgehead atoms. The van der Waals surface area contributed by atoms with Crippen molar-refractivity contribution in [3.05, 3.63) is 63.1 Å². The summed E-state index contributed by atoms with van der Waals surface area (Å²) >= 11 is 0. The Bertz CT molecular complexity index is 795. The van der Waals surface area contributed by atoms with E-state index in [0.29, 0.717) is 0 Å². The van der Waals surface area contributed by atoms with Gasteiger partial charge in [0.1, 0.15) is 11.4 Å². The van der Waals surface area contributed by atoms with Gasteiger partial charge in [0.05, 0.1) is 6.61 Å². The van der Waals surface area contributed by atoms with Gasteiger partial charge in [-0.2, -0.15) is 4.98 Å². The maximum atomic E-state index is 13.3. The van der Waals surface area contributed by atoms with Crippen LogP contribution in [0.5, 0.6) is 0 Å². The molecule has 5 nitrogen and oxygen atoms in total. The van der Waals surface area contributed by atoms with E-state index in [-0.39, 0.29) is 30.1 Å². The standard InChI is InChI=1S/C15H13F3N2O3/c1-3-23-15(22)10-7-20(8(2)19-14(10)21)6-9-4-11(16)13(18)12(17)5-9/h4-5,7H,3,6H2,1-2H3. The molecular formula is C15H13F3N2O3. The highest BCUT2D eigenvalue weighted by atomic mass is 19.2. The molecule has 122 valence electrons. The molecule has 0 spiro atoms. The van der Waals surface area contributed by atoms with Crippen LogP contribution in [0.4, 0.5) is 13.2 Å². The third-order valence-electron chi connectivity index (χ3n) is 3.09. The summed E-state index contributed by atoms with van der Waals surface area (Å²) in [6.07, 6.45) is 1.20. The van der Waals surface area contributed by atoms with Gasteiger partial charge in [0.2, 0.25) is 0 Å². The van der Waals surface area contributed by atoms with Crippen molar-refractivity contribution in [2.45, 2.75) is 20.4 Å². The minimum absolute atomic E-state index is 0.0839. The zero-order valence-electron chi connectivity index (χ0n) is 12.4. The first-order valence-corrected chi connectivity index (χ1v) is 6.72. The summed E-state index contributed by atoms with van der Waals surface area (Å²) in [4.78, 5) is 27.1. The summed E-state index contributed by atoms with van der Waals surface area (Å²) in [6.45, 7) is 3.06. The van der Waals surface area contributed by atoms with Crippen LogP contribution in [-0.2, 0) is 11.3 Å². The fourth-order valence-corrected chi connectivity index (χ4v) is 1.98. The van der Waals surface area contributed by atoms with Gasteiger partial charge in [0, 0.05) is 12.7 Å². The van der Waals surface area contributed by atoms with Gasteiger partial charge in [0.25, 0.3) is 5.56 Å². The van der Waals surface area contributed by atoms with Gasteiger partial charge >= 0.3 is 5.97 Å². The highest BCUT2D eigenvalue weighted by Crippen LogP contribution is 2.15. The van der Waals surface area contributed by atoms with Crippen molar-refractivity contribution >= 4 is 5.97 Å². The first kappa shape index (κ1) is 16.7. The Kier molecular flexibility index (Phi) is 4.83. The van der Waals surface area contributed by atoms with Crippen molar-refractivity contribution in [3.63, 3.8) is 0 Å². The quantitative estimate of drug-likeness (QED) is 0.638. The highest BCUT2D eigenvalue weighted by molar-refractivity contribution is 5.88. The number of carbonyl (C=O) groups is 1. The minimum Gasteiger partial charge on any atom is -0.462 e. The Balaban J connectivity index is 2.42. The van der Waals surface area contributed by atoms with Crippen LogP contribution < -0.4 is 5.56 Å². The number of aromatic nitrogens is 2. The molecule has 0 aliphatic heterocycles. The van der Waals surface area contributed by atoms with Gasteiger partial charge in [0.15, 0.2) is 17.5 Å². The van der Waals surface area contributed by atoms with E-state index in [9.17, 15) is 22.8 Å². The first-order valence-electron chi connectivity index (χ1n) is 6.72. The maximum absolute atomic E-state index is 13.3. The molecule has 0 radical (unpaired) electrons. The second-order valence-corrected chi connectivity index (χ2v) is 4.73. The number of ether oxygens (including phenoxy) is 1. The van der Waals surface area contributed by atoms with E-state index < -0.39 is 29.0 Å². The van der Waals surface area contributed by atoms with Crippen LogP contribution in [0.1, 0.15) is 28.7 Å². The van der Waals surface area contributed by atoms with Crippen LogP contribution in [-0.4, -0.2) is 22.1 Å². The van der Waals surface area contributed by atoms with Crippen LogP contribution in [0.25, 0.3) is 0 Å². The summed E-state index contributed by atoms with van der Waals surface area (Å²) in [7, 11) is 0. The molecule has 1 aromatic carbocycles. The van der Waals surface area contributed by atoms with Gasteiger partial charge in [-0.05, 0) is 31.5 Å². The van der Waals surface area contributed by atoms with E-state index in [4.69, 9.17) is 4.74 Å². The van der Waals surface area contributed by atoms with Crippen molar-refractivity contribution in [3.8, 4) is 0 Å². The Morgan fingerprint density at radius 2 is 1.87 bits per heavy atom. The number of nitrogens with zero attached hydrogens (tertiary/aromatic N) is 2. The molecule has 2 rings (SSSR count). The molecule has 0 aliphatic carbocycles. The van der Waals surface area contributed by atoms with Crippen molar-refractivity contribution in [2.24, 2.45) is 0 Å². The number of rotatable bonds is 4. The zero-order chi connectivity index (χ0) is 17.1. The zero-order valence-corrected chi connectivity index (χ0v) is 12.4. The van der Waals surface area contributed by atoms with Gasteiger partial charge in [-0.15, -0.1) is 0 Å². The predicted octanol–water partition coefficient (Wildman–Crippen LogP) is 2.19. The summed E-state index contributed by atoms with van der Waals surface area (Å²) in [5.41, 5.74) is -0.932. The molecule has 23 heavy (non-hydrogen) atoms. The second kappa shape index (κ2) is 6.64. The smallest absolute Gasteiger partial charge is 0.345 e. The Hall–Kier alpha value is -2.64. The largest absolute Gasteiger partial charge is 0.462 e. The van der Waals surface area contributed by atoms with Crippen LogP contribution in [0.15, 0.2) is 23.1 Å². The molecule has 0 aliphatic rings. The van der Waals surface area contributed by atoms with Crippen molar-refractivity contribution < 1.29 is 22.7 Å². The number of aryl methyl sites for hydroxylation is 1. The molecule has 1 aromatic heterocycles. The SMILES string of the molecule is CCOC(=O)c1cn(Cc2cc(F)c(F)c(F)c2)c(C)nc1=O. The molecule has 0 saturated carbocycles. The summed E-state index contributed by atoms with van der Waals surface area (Å²) in [5.74, 6) is -4.81. The number of halogens is 3. The number of carbonyl (C=O) groups excluding carboxylic acids is 1. The van der Waals surface area contributed by atoms with Crippen molar-refractivity contribution in [2.75, 3.05) is 6.61 Å². The molecule has 0 atom stereocenters. The molecule has 8 heteroatoms. The topological polar surface area (TPSA) is 61.2 Å². The Labute approximate surface area is 129 Å². The molecule has 2 aromatic rings. The van der Waals surface area contributed by atoms with E-state index in [1.807, 2.05) is 0 Å². The van der Waals surface area contributed by atoms with Gasteiger partial charge < -0.3 is 9.30 Å². The number of hydrogen-bond donors (Lipinski definition) is 0. The second-order valence-electron chi connectivity index (χ2n) is 4.73. The minimum atomic E-state index is -1.56.